The lowest BCUT2D eigenvalue weighted by molar-refractivity contribution is 0.602. The summed E-state index contributed by atoms with van der Waals surface area (Å²) in [7, 11) is -3.86. The fraction of sp³-hybridized carbons (Fsp3) is 0.222. The van der Waals surface area contributed by atoms with Gasteiger partial charge in [0, 0.05) is 28.4 Å². The third-order valence-corrected chi connectivity index (χ3v) is 7.46. The van der Waals surface area contributed by atoms with Gasteiger partial charge in [-0.2, -0.15) is 5.26 Å². The molecule has 5 heteroatoms. The minimum Gasteiger partial charge on any atom is -0.340 e. The Morgan fingerprint density at radius 2 is 1.62 bits per heavy atom. The third kappa shape index (κ3) is 4.19. The molecule has 162 valence electrons. The predicted octanol–water partition coefficient (Wildman–Crippen LogP) is 6.71. The van der Waals surface area contributed by atoms with Crippen molar-refractivity contribution in [3.63, 3.8) is 0 Å². The molecule has 0 spiro atoms. The largest absolute Gasteiger partial charge is 0.340 e. The van der Waals surface area contributed by atoms with E-state index in [0.717, 1.165) is 29.3 Å². The van der Waals surface area contributed by atoms with Crippen LogP contribution in [0.4, 0.5) is 0 Å². The maximum absolute atomic E-state index is 12.9. The summed E-state index contributed by atoms with van der Waals surface area (Å²) < 4.78 is 28.2. The van der Waals surface area contributed by atoms with Gasteiger partial charge in [0.05, 0.1) is 4.90 Å². The van der Waals surface area contributed by atoms with Crippen molar-refractivity contribution in [3.8, 4) is 6.07 Å². The molecule has 0 fully saturated rings. The van der Waals surface area contributed by atoms with Crippen LogP contribution in [0.25, 0.3) is 27.9 Å². The van der Waals surface area contributed by atoms with Crippen molar-refractivity contribution in [1.82, 2.24) is 4.57 Å². The van der Waals surface area contributed by atoms with Gasteiger partial charge >= 0.3 is 0 Å². The van der Waals surface area contributed by atoms with Crippen LogP contribution in [0.15, 0.2) is 82.6 Å². The molecule has 4 aromatic rings. The number of aromatic nitrogens is 1. The van der Waals surface area contributed by atoms with E-state index in [4.69, 9.17) is 0 Å². The molecule has 0 aliphatic carbocycles. The molecule has 0 atom stereocenters. The average Bonchev–Trinajstić information content (AvgIpc) is 3.14. The minimum absolute atomic E-state index is 0.123. The Hall–Kier alpha value is -3.36. The van der Waals surface area contributed by atoms with E-state index in [2.05, 4.69) is 23.6 Å². The van der Waals surface area contributed by atoms with Gasteiger partial charge in [-0.3, -0.25) is 0 Å². The van der Waals surface area contributed by atoms with Crippen molar-refractivity contribution in [3.05, 3.63) is 83.3 Å². The Morgan fingerprint density at radius 1 is 0.906 bits per heavy atom. The maximum atomic E-state index is 12.9. The van der Waals surface area contributed by atoms with Gasteiger partial charge in [-0.1, -0.05) is 68.7 Å². The monoisotopic (exact) mass is 442 g/mol. The lowest BCUT2D eigenvalue weighted by Crippen LogP contribution is -2.03. The zero-order chi connectivity index (χ0) is 22.6. The SMILES string of the molecule is CCCCCCn1c2ccccc2c2cc(/C=C(\C#N)S(=O)(=O)c3ccccc3)ccc21. The molecule has 1 heterocycles. The van der Waals surface area contributed by atoms with Crippen LogP contribution in [0.1, 0.15) is 38.2 Å². The molecule has 0 unspecified atom stereocenters. The summed E-state index contributed by atoms with van der Waals surface area (Å²) in [6.45, 7) is 3.16. The summed E-state index contributed by atoms with van der Waals surface area (Å²) in [6.07, 6.45) is 6.23. The Balaban J connectivity index is 1.78. The normalized spacial score (nSPS) is 12.3. The van der Waals surface area contributed by atoms with E-state index < -0.39 is 9.84 Å². The second kappa shape index (κ2) is 9.42. The molecule has 0 bridgehead atoms. The quantitative estimate of drug-likeness (QED) is 0.225. The molecule has 0 saturated carbocycles. The third-order valence-electron chi connectivity index (χ3n) is 5.78. The van der Waals surface area contributed by atoms with Crippen LogP contribution >= 0.6 is 0 Å². The summed E-state index contributed by atoms with van der Waals surface area (Å²) >= 11 is 0. The number of rotatable bonds is 8. The standard InChI is InChI=1S/C27H26N2O2S/c1-2-3-4-10-17-29-26-14-9-8-13-24(26)25-19-21(15-16-27(25)29)18-23(20-28)32(30,31)22-11-6-5-7-12-22/h5-9,11-16,18-19H,2-4,10,17H2,1H3/b23-18+. The summed E-state index contributed by atoms with van der Waals surface area (Å²) in [6, 6.07) is 24.2. The van der Waals surface area contributed by atoms with Crippen molar-refractivity contribution in [1.29, 1.82) is 5.26 Å². The van der Waals surface area contributed by atoms with Gasteiger partial charge in [-0.25, -0.2) is 8.42 Å². The number of unbranched alkanes of at least 4 members (excludes halogenated alkanes) is 3. The molecule has 1 aromatic heterocycles. The van der Waals surface area contributed by atoms with Gasteiger partial charge < -0.3 is 4.57 Å². The zero-order valence-electron chi connectivity index (χ0n) is 18.2. The smallest absolute Gasteiger partial charge is 0.216 e. The Bertz CT molecular complexity index is 1430. The van der Waals surface area contributed by atoms with Crippen molar-refractivity contribution < 1.29 is 8.42 Å². The summed E-state index contributed by atoms with van der Waals surface area (Å²) in [4.78, 5) is -0.135. The highest BCUT2D eigenvalue weighted by Crippen LogP contribution is 2.31. The minimum atomic E-state index is -3.86. The van der Waals surface area contributed by atoms with E-state index in [1.165, 1.54) is 43.0 Å². The first-order valence-corrected chi connectivity index (χ1v) is 12.5. The molecule has 0 saturated heterocycles. The highest BCUT2D eigenvalue weighted by atomic mass is 32.2. The first-order chi connectivity index (χ1) is 15.6. The molecule has 0 amide bonds. The Morgan fingerprint density at radius 3 is 2.38 bits per heavy atom. The van der Waals surface area contributed by atoms with Crippen molar-refractivity contribution >= 4 is 37.7 Å². The van der Waals surface area contributed by atoms with Crippen molar-refractivity contribution in [2.24, 2.45) is 0 Å². The van der Waals surface area contributed by atoms with E-state index in [1.54, 1.807) is 18.2 Å². The summed E-state index contributed by atoms with van der Waals surface area (Å²) in [5, 5.41) is 11.8. The molecular weight excluding hydrogens is 416 g/mol. The van der Waals surface area contributed by atoms with E-state index in [0.29, 0.717) is 5.56 Å². The molecule has 0 aliphatic heterocycles. The number of benzene rings is 3. The molecule has 3 aromatic carbocycles. The van der Waals surface area contributed by atoms with Gasteiger partial charge in [-0.05, 0) is 48.4 Å². The van der Waals surface area contributed by atoms with E-state index in [-0.39, 0.29) is 9.80 Å². The number of nitrogens with zero attached hydrogens (tertiary/aromatic N) is 2. The van der Waals surface area contributed by atoms with E-state index in [1.807, 2.05) is 36.4 Å². The lowest BCUT2D eigenvalue weighted by atomic mass is 10.1. The van der Waals surface area contributed by atoms with Crippen molar-refractivity contribution in [2.75, 3.05) is 0 Å². The number of aryl methyl sites for hydroxylation is 1. The van der Waals surface area contributed by atoms with Crippen LogP contribution in [-0.4, -0.2) is 13.0 Å². The topological polar surface area (TPSA) is 62.9 Å². The Kier molecular flexibility index (Phi) is 6.43. The molecule has 0 radical (unpaired) electrons. The Labute approximate surface area is 189 Å². The average molecular weight is 443 g/mol. The summed E-state index contributed by atoms with van der Waals surface area (Å²) in [5.74, 6) is 0. The maximum Gasteiger partial charge on any atom is 0.216 e. The van der Waals surface area contributed by atoms with Crippen LogP contribution < -0.4 is 0 Å². The number of sulfone groups is 1. The van der Waals surface area contributed by atoms with Crippen LogP contribution in [0.5, 0.6) is 0 Å². The first-order valence-electron chi connectivity index (χ1n) is 11.0. The first kappa shape index (κ1) is 21.9. The van der Waals surface area contributed by atoms with Gasteiger partial charge in [0.1, 0.15) is 11.0 Å². The molecule has 4 rings (SSSR count). The number of hydrogen-bond acceptors (Lipinski definition) is 3. The molecule has 4 nitrogen and oxygen atoms in total. The van der Waals surface area contributed by atoms with Gasteiger partial charge in [-0.15, -0.1) is 0 Å². The lowest BCUT2D eigenvalue weighted by Gasteiger charge is -2.07. The summed E-state index contributed by atoms with van der Waals surface area (Å²) in [5.41, 5.74) is 3.00. The number of para-hydroxylation sites is 1. The fourth-order valence-electron chi connectivity index (χ4n) is 4.15. The van der Waals surface area contributed by atoms with Gasteiger partial charge in [0.2, 0.25) is 9.84 Å². The van der Waals surface area contributed by atoms with Crippen LogP contribution in [0, 0.1) is 11.3 Å². The number of allylic oxidation sites excluding steroid dienone is 1. The van der Waals surface area contributed by atoms with E-state index in [9.17, 15) is 13.7 Å². The number of hydrogen-bond donors (Lipinski definition) is 0. The second-order valence-corrected chi connectivity index (χ2v) is 9.86. The molecule has 32 heavy (non-hydrogen) atoms. The molecule has 0 aliphatic rings. The second-order valence-electron chi connectivity index (χ2n) is 7.94. The van der Waals surface area contributed by atoms with Crippen LogP contribution in [-0.2, 0) is 16.4 Å². The molecule has 0 N–H and O–H groups in total. The zero-order valence-corrected chi connectivity index (χ0v) is 19.0. The highest BCUT2D eigenvalue weighted by molar-refractivity contribution is 7.95. The number of nitriles is 1. The fourth-order valence-corrected chi connectivity index (χ4v) is 5.33. The number of fused-ring (bicyclic) bond motifs is 3. The predicted molar refractivity (Wildman–Crippen MR) is 131 cm³/mol. The van der Waals surface area contributed by atoms with Gasteiger partial charge in [0.15, 0.2) is 0 Å². The molecular formula is C27H26N2O2S. The van der Waals surface area contributed by atoms with Crippen molar-refractivity contribution in [2.45, 2.75) is 44.0 Å². The van der Waals surface area contributed by atoms with Gasteiger partial charge in [0.25, 0.3) is 0 Å². The van der Waals surface area contributed by atoms with Crippen LogP contribution in [0.3, 0.4) is 0 Å². The van der Waals surface area contributed by atoms with E-state index >= 15 is 0 Å². The highest BCUT2D eigenvalue weighted by Gasteiger charge is 2.20. The van der Waals surface area contributed by atoms with Crippen LogP contribution in [0.2, 0.25) is 0 Å².